The molecule has 0 atom stereocenters. The highest BCUT2D eigenvalue weighted by molar-refractivity contribution is 4.66. The Bertz CT molecular complexity index is 454. The first-order valence-electron chi connectivity index (χ1n) is 19.6. The maximum atomic E-state index is 4.08. The fraction of sp³-hybridized carbons (Fsp3) is 0.950. The molecule has 0 N–H and O–H groups in total. The van der Waals surface area contributed by atoms with Gasteiger partial charge in [-0.2, -0.15) is 0 Å². The lowest BCUT2D eigenvalue weighted by Crippen LogP contribution is -3.00. The Morgan fingerprint density at radius 3 is 0.738 bits per heavy atom. The van der Waals surface area contributed by atoms with Crippen molar-refractivity contribution in [3.05, 3.63) is 12.7 Å². The highest BCUT2D eigenvalue weighted by Crippen LogP contribution is 2.17. The highest BCUT2D eigenvalue weighted by Gasteiger charge is 2.18. The van der Waals surface area contributed by atoms with Gasteiger partial charge in [-0.05, 0) is 31.8 Å². The maximum absolute atomic E-state index is 4.08. The molecule has 254 valence electrons. The second-order valence-corrected chi connectivity index (χ2v) is 14.1. The van der Waals surface area contributed by atoms with E-state index in [1.54, 1.807) is 0 Å². The minimum atomic E-state index is 0. The van der Waals surface area contributed by atoms with E-state index in [2.05, 4.69) is 33.6 Å². The first-order chi connectivity index (χ1) is 20.2. The van der Waals surface area contributed by atoms with Gasteiger partial charge >= 0.3 is 0 Å². The van der Waals surface area contributed by atoms with Crippen molar-refractivity contribution < 1.29 is 16.9 Å². The molecule has 0 aromatic rings. The molecule has 0 amide bonds. The summed E-state index contributed by atoms with van der Waals surface area (Å²) in [7, 11) is 2.48. The van der Waals surface area contributed by atoms with Crippen molar-refractivity contribution in [2.75, 3.05) is 26.7 Å². The van der Waals surface area contributed by atoms with Crippen molar-refractivity contribution in [3.8, 4) is 0 Å². The molecule has 0 saturated heterocycles. The van der Waals surface area contributed by atoms with Crippen molar-refractivity contribution in [1.82, 2.24) is 0 Å². The molecule has 0 bridgehead atoms. The second kappa shape index (κ2) is 37.2. The molecule has 42 heavy (non-hydrogen) atoms. The molecule has 1 nitrogen and oxygen atoms in total. The molecular weight excluding hydrogens is 530 g/mol. The zero-order valence-electron chi connectivity index (χ0n) is 29.9. The van der Waals surface area contributed by atoms with E-state index in [0.717, 1.165) is 6.54 Å². The van der Waals surface area contributed by atoms with Crippen LogP contribution in [0.1, 0.15) is 219 Å². The zero-order chi connectivity index (χ0) is 30.0. The quantitative estimate of drug-likeness (QED) is 0.0375. The van der Waals surface area contributed by atoms with Crippen molar-refractivity contribution in [3.63, 3.8) is 0 Å². The highest BCUT2D eigenvalue weighted by atomic mass is 35.5. The first kappa shape index (κ1) is 44.1. The van der Waals surface area contributed by atoms with Crippen LogP contribution in [0.5, 0.6) is 0 Å². The van der Waals surface area contributed by atoms with Crippen LogP contribution in [0.2, 0.25) is 0 Å². The van der Waals surface area contributed by atoms with Gasteiger partial charge in [0.25, 0.3) is 0 Å². The third kappa shape index (κ3) is 34.5. The Hall–Kier alpha value is -0.0100. The van der Waals surface area contributed by atoms with Gasteiger partial charge in [-0.25, -0.2) is 0 Å². The average Bonchev–Trinajstić information content (AvgIpc) is 2.97. The van der Waals surface area contributed by atoms with Gasteiger partial charge in [0.1, 0.15) is 0 Å². The Morgan fingerprint density at radius 2 is 0.548 bits per heavy atom. The predicted molar refractivity (Wildman–Crippen MR) is 190 cm³/mol. The van der Waals surface area contributed by atoms with E-state index in [-0.39, 0.29) is 12.4 Å². The molecule has 0 heterocycles. The van der Waals surface area contributed by atoms with Crippen LogP contribution in [0.4, 0.5) is 0 Å². The summed E-state index contributed by atoms with van der Waals surface area (Å²) < 4.78 is 1.22. The predicted octanol–water partition coefficient (Wildman–Crippen LogP) is 11.1. The van der Waals surface area contributed by atoms with Crippen LogP contribution in [0, 0.1) is 0 Å². The van der Waals surface area contributed by atoms with Crippen LogP contribution >= 0.6 is 0 Å². The summed E-state index contributed by atoms with van der Waals surface area (Å²) in [6.07, 6.45) is 48.7. The lowest BCUT2D eigenvalue weighted by molar-refractivity contribution is -0.904. The normalized spacial score (nSPS) is 11.6. The first-order valence-corrected chi connectivity index (χ1v) is 19.6. The number of halogens is 1. The molecule has 0 aliphatic carbocycles. The number of nitrogens with zero attached hydrogens (tertiary/aromatic N) is 1. The summed E-state index contributed by atoms with van der Waals surface area (Å²) in [5, 5.41) is 0. The summed E-state index contributed by atoms with van der Waals surface area (Å²) in [5.74, 6) is 0. The van der Waals surface area contributed by atoms with Gasteiger partial charge in [-0.1, -0.05) is 200 Å². The van der Waals surface area contributed by atoms with Crippen molar-refractivity contribution in [2.45, 2.75) is 219 Å². The van der Waals surface area contributed by atoms with Gasteiger partial charge in [0.2, 0.25) is 0 Å². The van der Waals surface area contributed by atoms with E-state index in [0.29, 0.717) is 0 Å². The monoisotopic (exact) mass is 612 g/mol. The largest absolute Gasteiger partial charge is 1.00 e. The van der Waals surface area contributed by atoms with Gasteiger partial charge < -0.3 is 16.9 Å². The standard InChI is InChI=1S/C40H82N.ClH/c1-5-8-10-12-14-16-18-20-22-24-26-28-30-32-34-36-39-41(4,38-7-3)40-37-35-33-31-29-27-25-23-21-19-17-15-13-11-9-6-2;/h7H,3,5-6,8-40H2,1-2,4H3;1H/q+1;/p-1. The second-order valence-electron chi connectivity index (χ2n) is 14.1. The number of hydrogen-bond donors (Lipinski definition) is 0. The fourth-order valence-corrected chi connectivity index (χ4v) is 6.69. The van der Waals surface area contributed by atoms with Crippen LogP contribution in [-0.4, -0.2) is 31.2 Å². The molecule has 0 radical (unpaired) electrons. The summed E-state index contributed by atoms with van der Waals surface area (Å²) in [6.45, 7) is 12.5. The van der Waals surface area contributed by atoms with E-state index in [4.69, 9.17) is 0 Å². The Morgan fingerprint density at radius 1 is 0.357 bits per heavy atom. The molecule has 2 heteroatoms. The van der Waals surface area contributed by atoms with Gasteiger partial charge in [-0.15, -0.1) is 0 Å². The van der Waals surface area contributed by atoms with Crippen LogP contribution in [0.25, 0.3) is 0 Å². The zero-order valence-corrected chi connectivity index (χ0v) is 30.6. The Labute approximate surface area is 274 Å². The molecule has 0 rings (SSSR count). The number of rotatable bonds is 36. The van der Waals surface area contributed by atoms with E-state index in [1.165, 1.54) is 223 Å². The summed E-state index contributed by atoms with van der Waals surface area (Å²) in [4.78, 5) is 0. The molecule has 0 spiro atoms. The number of likely N-dealkylation sites (N-methyl/N-ethyl adjacent to an activating group) is 1. The maximum Gasteiger partial charge on any atom is 0.0969 e. The number of quaternary nitrogens is 1. The Kier molecular flexibility index (Phi) is 39.1. The molecule has 0 aromatic heterocycles. The molecule has 0 aliphatic heterocycles. The van der Waals surface area contributed by atoms with E-state index in [9.17, 15) is 0 Å². The molecule has 0 unspecified atom stereocenters. The van der Waals surface area contributed by atoms with Gasteiger partial charge in [0.15, 0.2) is 0 Å². The van der Waals surface area contributed by atoms with E-state index in [1.807, 2.05) is 0 Å². The summed E-state index contributed by atoms with van der Waals surface area (Å²) >= 11 is 0. The topological polar surface area (TPSA) is 0 Å². The number of hydrogen-bond acceptors (Lipinski definition) is 0. The minimum Gasteiger partial charge on any atom is -1.00 e. The molecule has 0 aromatic carbocycles. The van der Waals surface area contributed by atoms with Gasteiger partial charge in [-0.3, -0.25) is 0 Å². The molecular formula is C40H82ClN. The van der Waals surface area contributed by atoms with E-state index < -0.39 is 0 Å². The lowest BCUT2D eigenvalue weighted by Gasteiger charge is -2.34. The summed E-state index contributed by atoms with van der Waals surface area (Å²) in [6, 6.07) is 0. The Balaban J connectivity index is 0. The van der Waals surface area contributed by atoms with Crippen molar-refractivity contribution >= 4 is 0 Å². The SMILES string of the molecule is C=CC[N+](C)(CCCCCCCCCCCCCCCCCC)CCCCCCCCCCCCCCCCCC.[Cl-]. The van der Waals surface area contributed by atoms with Crippen LogP contribution in [0.3, 0.4) is 0 Å². The third-order valence-electron chi connectivity index (χ3n) is 9.67. The van der Waals surface area contributed by atoms with Crippen LogP contribution < -0.4 is 12.4 Å². The molecule has 0 fully saturated rings. The van der Waals surface area contributed by atoms with Gasteiger partial charge in [0, 0.05) is 0 Å². The molecule has 0 aliphatic rings. The lowest BCUT2D eigenvalue weighted by atomic mass is 10.0. The van der Waals surface area contributed by atoms with Crippen molar-refractivity contribution in [1.29, 1.82) is 0 Å². The van der Waals surface area contributed by atoms with Crippen molar-refractivity contribution in [2.24, 2.45) is 0 Å². The smallest absolute Gasteiger partial charge is 0.0969 e. The van der Waals surface area contributed by atoms with Crippen LogP contribution in [-0.2, 0) is 0 Å². The van der Waals surface area contributed by atoms with E-state index >= 15 is 0 Å². The average molecular weight is 613 g/mol. The number of unbranched alkanes of at least 4 members (excludes halogenated alkanes) is 30. The molecule has 0 saturated carbocycles. The fourth-order valence-electron chi connectivity index (χ4n) is 6.69. The van der Waals surface area contributed by atoms with Crippen LogP contribution in [0.15, 0.2) is 12.7 Å². The minimum absolute atomic E-state index is 0. The third-order valence-corrected chi connectivity index (χ3v) is 9.67. The summed E-state index contributed by atoms with van der Waals surface area (Å²) in [5.41, 5.74) is 0. The van der Waals surface area contributed by atoms with Gasteiger partial charge in [0.05, 0.1) is 26.7 Å².